The molecule has 0 unspecified atom stereocenters. The first-order valence-corrected chi connectivity index (χ1v) is 10.0. The van der Waals surface area contributed by atoms with Gasteiger partial charge in [0.1, 0.15) is 6.61 Å². The lowest BCUT2D eigenvalue weighted by Gasteiger charge is -2.10. The molecule has 9 heteroatoms. The number of halogens is 2. The first kappa shape index (κ1) is 20.9. The van der Waals surface area contributed by atoms with Gasteiger partial charge in [-0.1, -0.05) is 53.7 Å². The van der Waals surface area contributed by atoms with Gasteiger partial charge in [0.15, 0.2) is 22.5 Å². The summed E-state index contributed by atoms with van der Waals surface area (Å²) in [5.74, 6) is 0.0824. The van der Waals surface area contributed by atoms with Gasteiger partial charge in [-0.05, 0) is 24.3 Å². The molecular weight excluding hydrogens is 415 g/mol. The molecule has 0 atom stereocenters. The quantitative estimate of drug-likeness (QED) is 0.396. The van der Waals surface area contributed by atoms with Crippen molar-refractivity contribution < 1.29 is 13.9 Å². The van der Waals surface area contributed by atoms with Crippen molar-refractivity contribution >= 4 is 35.0 Å². The van der Waals surface area contributed by atoms with E-state index in [1.807, 2.05) is 0 Å². The Labute approximate surface area is 176 Å². The molecule has 0 aliphatic heterocycles. The molecule has 0 aliphatic rings. The average molecular weight is 433 g/mol. The van der Waals surface area contributed by atoms with Crippen molar-refractivity contribution in [1.82, 2.24) is 14.8 Å². The zero-order chi connectivity index (χ0) is 20.6. The normalized spacial score (nSPS) is 10.6. The lowest BCUT2D eigenvalue weighted by Crippen LogP contribution is -2.15. The van der Waals surface area contributed by atoms with Gasteiger partial charge in [0.05, 0.1) is 16.5 Å². The molecule has 3 aromatic rings. The molecule has 0 spiro atoms. The van der Waals surface area contributed by atoms with Gasteiger partial charge in [-0.3, -0.25) is 9.36 Å². The van der Waals surface area contributed by atoms with Gasteiger partial charge < -0.3 is 10.1 Å². The van der Waals surface area contributed by atoms with Crippen LogP contribution in [0, 0.1) is 5.82 Å². The molecule has 150 valence electrons. The minimum atomic E-state index is -0.451. The van der Waals surface area contributed by atoms with Crippen LogP contribution in [-0.4, -0.2) is 26.4 Å². The fourth-order valence-electron chi connectivity index (χ4n) is 2.43. The van der Waals surface area contributed by atoms with Crippen molar-refractivity contribution in [1.29, 1.82) is 0 Å². The van der Waals surface area contributed by atoms with Crippen LogP contribution in [0.2, 0.25) is 5.02 Å². The van der Waals surface area contributed by atoms with Crippen molar-refractivity contribution in [2.24, 2.45) is 0 Å². The third-order valence-electron chi connectivity index (χ3n) is 3.78. The highest BCUT2D eigenvalue weighted by Gasteiger charge is 2.15. The summed E-state index contributed by atoms with van der Waals surface area (Å²) in [5, 5.41) is 12.0. The number of amides is 1. The standard InChI is InChI=1S/C20H18ClFN4O2S/c1-2-11-26-18(12-28-17-10-6-4-8-15(17)22)24-25-20(26)29-13-19(27)23-16-9-5-3-7-14(16)21/h2-10H,1,11-13H2,(H,23,27). The second-order valence-electron chi connectivity index (χ2n) is 5.83. The molecule has 2 aromatic carbocycles. The molecule has 3 rings (SSSR count). The number of aromatic nitrogens is 3. The maximum Gasteiger partial charge on any atom is 0.234 e. The number of rotatable bonds is 9. The smallest absolute Gasteiger partial charge is 0.234 e. The van der Waals surface area contributed by atoms with Crippen LogP contribution in [0.25, 0.3) is 0 Å². The van der Waals surface area contributed by atoms with Crippen LogP contribution in [0.15, 0.2) is 66.3 Å². The minimum absolute atomic E-state index is 0.0359. The molecule has 0 fully saturated rings. The lowest BCUT2D eigenvalue weighted by atomic mass is 10.3. The van der Waals surface area contributed by atoms with E-state index < -0.39 is 5.82 Å². The van der Waals surface area contributed by atoms with Gasteiger partial charge >= 0.3 is 0 Å². The van der Waals surface area contributed by atoms with Crippen molar-refractivity contribution in [3.63, 3.8) is 0 Å². The number of hydrogen-bond acceptors (Lipinski definition) is 5. The maximum atomic E-state index is 13.7. The van der Waals surface area contributed by atoms with Crippen molar-refractivity contribution in [2.75, 3.05) is 11.1 Å². The average Bonchev–Trinajstić information content (AvgIpc) is 3.09. The predicted octanol–water partition coefficient (Wildman–Crippen LogP) is 4.57. The van der Waals surface area contributed by atoms with E-state index in [2.05, 4.69) is 22.1 Å². The molecule has 29 heavy (non-hydrogen) atoms. The summed E-state index contributed by atoms with van der Waals surface area (Å²) in [7, 11) is 0. The molecule has 1 aromatic heterocycles. The van der Waals surface area contributed by atoms with Crippen LogP contribution in [-0.2, 0) is 17.9 Å². The summed E-state index contributed by atoms with van der Waals surface area (Å²) < 4.78 is 21.0. The van der Waals surface area contributed by atoms with Gasteiger partial charge in [0.25, 0.3) is 0 Å². The molecule has 6 nitrogen and oxygen atoms in total. The number of thioether (sulfide) groups is 1. The molecule has 0 saturated heterocycles. The molecule has 1 N–H and O–H groups in total. The van der Waals surface area contributed by atoms with E-state index in [9.17, 15) is 9.18 Å². The number of para-hydroxylation sites is 2. The van der Waals surface area contributed by atoms with Gasteiger partial charge in [-0.2, -0.15) is 0 Å². The van der Waals surface area contributed by atoms with Gasteiger partial charge in [0.2, 0.25) is 5.91 Å². The maximum absolute atomic E-state index is 13.7. The van der Waals surface area contributed by atoms with Crippen molar-refractivity contribution in [3.05, 3.63) is 77.9 Å². The Balaban J connectivity index is 1.63. The number of benzene rings is 2. The molecule has 1 amide bonds. The summed E-state index contributed by atoms with van der Waals surface area (Å²) in [4.78, 5) is 12.2. The Hall–Kier alpha value is -2.84. The Morgan fingerprint density at radius 1 is 1.24 bits per heavy atom. The minimum Gasteiger partial charge on any atom is -0.483 e. The van der Waals surface area contributed by atoms with E-state index >= 15 is 0 Å². The van der Waals surface area contributed by atoms with E-state index in [0.29, 0.717) is 28.2 Å². The largest absolute Gasteiger partial charge is 0.483 e. The number of nitrogens with one attached hydrogen (secondary N) is 1. The monoisotopic (exact) mass is 432 g/mol. The zero-order valence-corrected chi connectivity index (χ0v) is 16.9. The summed E-state index contributed by atoms with van der Waals surface area (Å²) in [6, 6.07) is 13.1. The first-order valence-electron chi connectivity index (χ1n) is 8.66. The van der Waals surface area contributed by atoms with Crippen LogP contribution >= 0.6 is 23.4 Å². The fraction of sp³-hybridized carbons (Fsp3) is 0.150. The summed E-state index contributed by atoms with van der Waals surface area (Å²) in [6.45, 7) is 4.19. The first-order chi connectivity index (χ1) is 14.1. The molecule has 0 saturated carbocycles. The number of carbonyl (C=O) groups is 1. The SMILES string of the molecule is C=CCn1c(COc2ccccc2F)nnc1SCC(=O)Nc1ccccc1Cl. The topological polar surface area (TPSA) is 69.0 Å². The van der Waals surface area contributed by atoms with Crippen LogP contribution in [0.4, 0.5) is 10.1 Å². The third-order valence-corrected chi connectivity index (χ3v) is 5.08. The van der Waals surface area contributed by atoms with E-state index in [0.717, 1.165) is 0 Å². The summed E-state index contributed by atoms with van der Waals surface area (Å²) in [5.41, 5.74) is 0.548. The Kier molecular flexibility index (Phi) is 7.26. The van der Waals surface area contributed by atoms with E-state index in [4.69, 9.17) is 16.3 Å². The lowest BCUT2D eigenvalue weighted by molar-refractivity contribution is -0.113. The second kappa shape index (κ2) is 10.1. The number of hydrogen-bond donors (Lipinski definition) is 1. The number of carbonyl (C=O) groups excluding carboxylic acids is 1. The highest BCUT2D eigenvalue weighted by molar-refractivity contribution is 7.99. The Morgan fingerprint density at radius 3 is 2.76 bits per heavy atom. The zero-order valence-electron chi connectivity index (χ0n) is 15.3. The van der Waals surface area contributed by atoms with Gasteiger partial charge in [-0.25, -0.2) is 4.39 Å². The summed E-state index contributed by atoms with van der Waals surface area (Å²) in [6.07, 6.45) is 1.68. The van der Waals surface area contributed by atoms with Crippen LogP contribution in [0.5, 0.6) is 5.75 Å². The molecule has 0 aliphatic carbocycles. The van der Waals surface area contributed by atoms with Crippen LogP contribution in [0.1, 0.15) is 5.82 Å². The number of anilines is 1. The molecular formula is C20H18ClFN4O2S. The van der Waals surface area contributed by atoms with E-state index in [1.54, 1.807) is 47.0 Å². The number of ether oxygens (including phenoxy) is 1. The van der Waals surface area contributed by atoms with Crippen LogP contribution < -0.4 is 10.1 Å². The third kappa shape index (κ3) is 5.58. The molecule has 0 radical (unpaired) electrons. The Morgan fingerprint density at radius 2 is 2.00 bits per heavy atom. The van der Waals surface area contributed by atoms with Gasteiger partial charge in [0, 0.05) is 6.54 Å². The van der Waals surface area contributed by atoms with E-state index in [-0.39, 0.29) is 24.0 Å². The second-order valence-corrected chi connectivity index (χ2v) is 7.18. The molecule has 0 bridgehead atoms. The molecule has 1 heterocycles. The van der Waals surface area contributed by atoms with Gasteiger partial charge in [-0.15, -0.1) is 16.8 Å². The van der Waals surface area contributed by atoms with E-state index in [1.165, 1.54) is 23.9 Å². The number of nitrogens with zero attached hydrogens (tertiary/aromatic N) is 3. The van der Waals surface area contributed by atoms with Crippen LogP contribution in [0.3, 0.4) is 0 Å². The predicted molar refractivity (Wildman–Crippen MR) is 112 cm³/mol. The highest BCUT2D eigenvalue weighted by atomic mass is 35.5. The van der Waals surface area contributed by atoms with Crippen molar-refractivity contribution in [2.45, 2.75) is 18.3 Å². The highest BCUT2D eigenvalue weighted by Crippen LogP contribution is 2.23. The fourth-order valence-corrected chi connectivity index (χ4v) is 3.38. The Bertz CT molecular complexity index is 1010. The van der Waals surface area contributed by atoms with Crippen molar-refractivity contribution in [3.8, 4) is 5.75 Å². The summed E-state index contributed by atoms with van der Waals surface area (Å²) >= 11 is 7.27. The number of allylic oxidation sites excluding steroid dienone is 1.